The predicted octanol–water partition coefficient (Wildman–Crippen LogP) is 5.45. The van der Waals surface area contributed by atoms with Gasteiger partial charge in [0.1, 0.15) is 16.2 Å². The molecule has 2 aromatic carbocycles. The molecular weight excluding hydrogens is 556 g/mol. The number of aromatic nitrogens is 2. The van der Waals surface area contributed by atoms with E-state index in [-0.39, 0.29) is 35.2 Å². The Morgan fingerprint density at radius 3 is 2.31 bits per heavy atom. The van der Waals surface area contributed by atoms with Crippen LogP contribution in [0.4, 0.5) is 10.6 Å². The van der Waals surface area contributed by atoms with Crippen LogP contribution >= 0.6 is 0 Å². The van der Waals surface area contributed by atoms with E-state index in [2.05, 4.69) is 15.3 Å². The maximum atomic E-state index is 14.8. The Morgan fingerprint density at radius 1 is 1.02 bits per heavy atom. The van der Waals surface area contributed by atoms with Crippen LogP contribution in [0.2, 0.25) is 0 Å². The number of carbonyl (C=O) groups excluding carboxylic acids is 1. The highest BCUT2D eigenvalue weighted by Gasteiger charge is 2.50. The summed E-state index contributed by atoms with van der Waals surface area (Å²) in [5.74, 6) is 0.142. The average Bonchev–Trinajstić information content (AvgIpc) is 2.97. The summed E-state index contributed by atoms with van der Waals surface area (Å²) in [7, 11) is -3.38. The van der Waals surface area contributed by atoms with Crippen molar-refractivity contribution in [3.05, 3.63) is 101 Å². The van der Waals surface area contributed by atoms with Gasteiger partial charge in [-0.1, -0.05) is 56.3 Å². The Balaban J connectivity index is 1.96. The zero-order valence-electron chi connectivity index (χ0n) is 24.6. The van der Waals surface area contributed by atoms with Gasteiger partial charge in [-0.05, 0) is 68.3 Å². The van der Waals surface area contributed by atoms with Crippen molar-refractivity contribution in [2.45, 2.75) is 46.3 Å². The second-order valence-electron chi connectivity index (χ2n) is 10.4. The Hall–Kier alpha value is -4.38. The molecule has 11 heteroatoms. The lowest BCUT2D eigenvalue weighted by atomic mass is 9.81. The van der Waals surface area contributed by atoms with E-state index < -0.39 is 21.7 Å². The zero-order chi connectivity index (χ0) is 30.5. The minimum atomic E-state index is -4.71. The van der Waals surface area contributed by atoms with Crippen molar-refractivity contribution in [2.75, 3.05) is 18.0 Å². The van der Waals surface area contributed by atoms with Crippen molar-refractivity contribution < 1.29 is 27.4 Å². The fourth-order valence-electron chi connectivity index (χ4n) is 4.56. The standard InChI is InChI=1S/C31H36N4O6S/c1-21(2)20-40-30(36)35(28-29(39-6)34-23(5)19-32-28)42(37,38)27-13-10-18-33-31(27,24-11-8-7-9-12-24)25-14-16-26(17-15-25)41-22(3)4/h7-19,21-22,33H,20H2,1-6H3. The first-order valence-corrected chi connectivity index (χ1v) is 15.0. The molecule has 0 spiro atoms. The molecule has 42 heavy (non-hydrogen) atoms. The number of hydrogen-bond donors (Lipinski definition) is 1. The molecule has 0 saturated carbocycles. The molecule has 0 radical (unpaired) electrons. The van der Waals surface area contributed by atoms with E-state index >= 15 is 0 Å². The number of hydrogen-bond acceptors (Lipinski definition) is 9. The van der Waals surface area contributed by atoms with Crippen LogP contribution in [0.15, 0.2) is 84.1 Å². The normalized spacial score (nSPS) is 16.5. The number of aryl methyl sites for hydroxylation is 1. The van der Waals surface area contributed by atoms with E-state index in [0.29, 0.717) is 26.9 Å². The van der Waals surface area contributed by atoms with Crippen molar-refractivity contribution >= 4 is 21.9 Å². The van der Waals surface area contributed by atoms with Crippen molar-refractivity contribution in [1.82, 2.24) is 15.3 Å². The largest absolute Gasteiger partial charge is 0.491 e. The van der Waals surface area contributed by atoms with E-state index in [1.54, 1.807) is 43.5 Å². The van der Waals surface area contributed by atoms with Crippen LogP contribution in [0.25, 0.3) is 0 Å². The second kappa shape index (κ2) is 12.6. The third kappa shape index (κ3) is 6.11. The maximum Gasteiger partial charge on any atom is 0.430 e. The number of carbonyl (C=O) groups is 1. The molecule has 3 aromatic rings. The molecule has 1 unspecified atom stereocenters. The van der Waals surface area contributed by atoms with E-state index in [0.717, 1.165) is 0 Å². The first kappa shape index (κ1) is 30.6. The summed E-state index contributed by atoms with van der Waals surface area (Å²) in [6.45, 7) is 9.23. The quantitative estimate of drug-likeness (QED) is 0.327. The molecule has 0 saturated heterocycles. The molecule has 1 atom stereocenters. The van der Waals surface area contributed by atoms with Gasteiger partial charge in [-0.25, -0.2) is 23.2 Å². The number of amides is 1. The third-order valence-electron chi connectivity index (χ3n) is 6.33. The lowest BCUT2D eigenvalue weighted by molar-refractivity contribution is 0.143. The monoisotopic (exact) mass is 592 g/mol. The number of rotatable bonds is 10. The first-order valence-electron chi connectivity index (χ1n) is 13.6. The predicted molar refractivity (Wildman–Crippen MR) is 161 cm³/mol. The van der Waals surface area contributed by atoms with Gasteiger partial charge in [0.05, 0.1) is 31.7 Å². The molecule has 0 aliphatic carbocycles. The summed E-state index contributed by atoms with van der Waals surface area (Å²) in [6.07, 6.45) is 4.90. The van der Waals surface area contributed by atoms with Gasteiger partial charge in [0.2, 0.25) is 5.82 Å². The molecule has 1 aliphatic rings. The second-order valence-corrected chi connectivity index (χ2v) is 12.2. The molecule has 2 heterocycles. The lowest BCUT2D eigenvalue weighted by Gasteiger charge is -2.40. The number of nitrogens with zero attached hydrogens (tertiary/aromatic N) is 3. The van der Waals surface area contributed by atoms with Crippen molar-refractivity contribution in [2.24, 2.45) is 5.92 Å². The molecule has 1 aliphatic heterocycles. The Morgan fingerprint density at radius 2 is 1.69 bits per heavy atom. The van der Waals surface area contributed by atoms with Gasteiger partial charge < -0.3 is 19.5 Å². The van der Waals surface area contributed by atoms with Crippen LogP contribution in [-0.4, -0.2) is 44.3 Å². The number of benzene rings is 2. The van der Waals surface area contributed by atoms with Crippen molar-refractivity contribution in [3.63, 3.8) is 0 Å². The minimum absolute atomic E-state index is 0.00913. The number of ether oxygens (including phenoxy) is 3. The first-order chi connectivity index (χ1) is 20.0. The number of nitrogens with one attached hydrogen (secondary N) is 1. The van der Waals surface area contributed by atoms with E-state index in [4.69, 9.17) is 14.2 Å². The topological polar surface area (TPSA) is 120 Å². The summed E-state index contributed by atoms with van der Waals surface area (Å²) in [5.41, 5.74) is 0.264. The highest BCUT2D eigenvalue weighted by Crippen LogP contribution is 2.44. The van der Waals surface area contributed by atoms with Crippen LogP contribution < -0.4 is 19.1 Å². The van der Waals surface area contributed by atoms with Crippen LogP contribution in [0.1, 0.15) is 44.5 Å². The smallest absolute Gasteiger partial charge is 0.430 e. The molecule has 4 rings (SSSR count). The van der Waals surface area contributed by atoms with Gasteiger partial charge in [0.15, 0.2) is 0 Å². The van der Waals surface area contributed by atoms with Gasteiger partial charge in [-0.2, -0.15) is 0 Å². The Labute approximate surface area is 247 Å². The molecule has 10 nitrogen and oxygen atoms in total. The van der Waals surface area contributed by atoms with Crippen molar-refractivity contribution in [1.29, 1.82) is 0 Å². The number of methoxy groups -OCH3 is 1. The fraction of sp³-hybridized carbons (Fsp3) is 0.323. The number of allylic oxidation sites excluding steroid dienone is 2. The molecule has 1 aromatic heterocycles. The molecule has 1 N–H and O–H groups in total. The van der Waals surface area contributed by atoms with Crippen LogP contribution in [0, 0.1) is 12.8 Å². The summed E-state index contributed by atoms with van der Waals surface area (Å²) in [4.78, 5) is 22.0. The Kier molecular flexibility index (Phi) is 9.20. The van der Waals surface area contributed by atoms with E-state index in [1.807, 2.05) is 58.0 Å². The highest BCUT2D eigenvalue weighted by molar-refractivity contribution is 7.97. The SMILES string of the molecule is COc1nc(C)cnc1N(C(=O)OCC(C)C)S(=O)(=O)C1=CC=CNC1(c1ccccc1)c1ccc(OC(C)C)cc1. The molecule has 0 fully saturated rings. The molecule has 1 amide bonds. The summed E-state index contributed by atoms with van der Waals surface area (Å²) in [6, 6.07) is 16.3. The number of sulfonamides is 1. The van der Waals surface area contributed by atoms with Gasteiger partial charge in [-0.3, -0.25) is 0 Å². The van der Waals surface area contributed by atoms with Gasteiger partial charge in [0, 0.05) is 0 Å². The minimum Gasteiger partial charge on any atom is -0.491 e. The zero-order valence-corrected chi connectivity index (χ0v) is 25.4. The summed E-state index contributed by atoms with van der Waals surface area (Å²) >= 11 is 0. The van der Waals surface area contributed by atoms with Crippen LogP contribution in [0.3, 0.4) is 0 Å². The lowest BCUT2D eigenvalue weighted by Crippen LogP contribution is -2.50. The Bertz CT molecular complexity index is 1570. The molecular formula is C31H36N4O6S. The van der Waals surface area contributed by atoms with Gasteiger partial charge >= 0.3 is 6.09 Å². The number of anilines is 1. The third-order valence-corrected chi connectivity index (χ3v) is 8.13. The number of dihydropyridines is 1. The fourth-order valence-corrected chi connectivity index (χ4v) is 6.29. The summed E-state index contributed by atoms with van der Waals surface area (Å²) in [5, 5.41) is 3.30. The van der Waals surface area contributed by atoms with Crippen molar-refractivity contribution in [3.8, 4) is 11.6 Å². The molecule has 222 valence electrons. The summed E-state index contributed by atoms with van der Waals surface area (Å²) < 4.78 is 46.9. The molecule has 0 bridgehead atoms. The maximum absolute atomic E-state index is 14.8. The van der Waals surface area contributed by atoms with Crippen LogP contribution in [0.5, 0.6) is 11.6 Å². The van der Waals surface area contributed by atoms with Gasteiger partial charge in [0.25, 0.3) is 15.9 Å². The van der Waals surface area contributed by atoms with Crippen LogP contribution in [-0.2, 0) is 20.3 Å². The van der Waals surface area contributed by atoms with E-state index in [9.17, 15) is 13.2 Å². The average molecular weight is 593 g/mol. The van der Waals surface area contributed by atoms with E-state index in [1.165, 1.54) is 19.4 Å². The highest BCUT2D eigenvalue weighted by atomic mass is 32.2. The van der Waals surface area contributed by atoms with Gasteiger partial charge in [-0.15, -0.1) is 4.31 Å².